The van der Waals surface area contributed by atoms with Gasteiger partial charge in [0.15, 0.2) is 5.82 Å². The summed E-state index contributed by atoms with van der Waals surface area (Å²) >= 11 is 1.56. The van der Waals surface area contributed by atoms with Crippen molar-refractivity contribution in [1.29, 1.82) is 0 Å². The number of thioether (sulfide) groups is 1. The Balaban J connectivity index is 1.50. The highest BCUT2D eigenvalue weighted by Crippen LogP contribution is 2.25. The van der Waals surface area contributed by atoms with Crippen molar-refractivity contribution in [2.75, 3.05) is 18.2 Å². The van der Waals surface area contributed by atoms with Crippen molar-refractivity contribution >= 4 is 11.8 Å². The van der Waals surface area contributed by atoms with Crippen LogP contribution >= 0.6 is 11.8 Å². The minimum Gasteiger partial charge on any atom is -0.494 e. The van der Waals surface area contributed by atoms with Gasteiger partial charge in [0.05, 0.1) is 18.4 Å². The number of hydrogen-bond donors (Lipinski definition) is 1. The lowest BCUT2D eigenvalue weighted by Gasteiger charge is -2.05. The molecule has 0 fully saturated rings. The normalized spacial score (nSPS) is 10.8. The summed E-state index contributed by atoms with van der Waals surface area (Å²) in [5, 5.41) is 8.96. The van der Waals surface area contributed by atoms with Gasteiger partial charge >= 0.3 is 0 Å². The van der Waals surface area contributed by atoms with Crippen molar-refractivity contribution in [2.45, 2.75) is 18.5 Å². The number of nitrogen functional groups attached to an aromatic ring is 1. The van der Waals surface area contributed by atoms with Gasteiger partial charge in [-0.05, 0) is 31.5 Å². The molecule has 2 N–H and O–H groups in total. The molecule has 1 aromatic carbocycles. The van der Waals surface area contributed by atoms with E-state index in [1.165, 1.54) is 4.68 Å². The molecule has 0 aliphatic heterocycles. The first-order valence-corrected chi connectivity index (χ1v) is 8.30. The summed E-state index contributed by atoms with van der Waals surface area (Å²) in [6, 6.07) is 11.6. The zero-order valence-corrected chi connectivity index (χ0v) is 13.6. The first kappa shape index (κ1) is 15.5. The molecule has 0 aliphatic rings. The van der Waals surface area contributed by atoms with Gasteiger partial charge in [-0.15, -0.1) is 10.2 Å². The van der Waals surface area contributed by atoms with E-state index in [0.717, 1.165) is 29.2 Å². The van der Waals surface area contributed by atoms with E-state index in [4.69, 9.17) is 15.0 Å². The van der Waals surface area contributed by atoms with Crippen LogP contribution in [0.5, 0.6) is 5.75 Å². The van der Waals surface area contributed by atoms with Gasteiger partial charge in [0.1, 0.15) is 11.5 Å². The van der Waals surface area contributed by atoms with Gasteiger partial charge in [-0.25, -0.2) is 4.68 Å². The highest BCUT2D eigenvalue weighted by Gasteiger charge is 2.15. The molecule has 23 heavy (non-hydrogen) atoms. The number of hydrogen-bond acceptors (Lipinski definition) is 6. The Morgan fingerprint density at radius 1 is 1.22 bits per heavy atom. The summed E-state index contributed by atoms with van der Waals surface area (Å²) in [7, 11) is 0. The molecule has 0 aliphatic carbocycles. The first-order chi connectivity index (χ1) is 11.3. The van der Waals surface area contributed by atoms with E-state index in [1.54, 1.807) is 18.0 Å². The molecular formula is C16H18N4O2S. The van der Waals surface area contributed by atoms with Crippen LogP contribution in [0.3, 0.4) is 0 Å². The molecule has 2 aromatic heterocycles. The smallest absolute Gasteiger partial charge is 0.210 e. The lowest BCUT2D eigenvalue weighted by atomic mass is 10.2. The Kier molecular flexibility index (Phi) is 4.87. The van der Waals surface area contributed by atoms with E-state index in [2.05, 4.69) is 10.2 Å². The molecule has 0 unspecified atom stereocenters. The van der Waals surface area contributed by atoms with Crippen molar-refractivity contribution in [3.05, 3.63) is 48.4 Å². The number of aryl methyl sites for hydroxylation is 1. The van der Waals surface area contributed by atoms with Crippen molar-refractivity contribution in [1.82, 2.24) is 14.9 Å². The fourth-order valence-corrected chi connectivity index (χ4v) is 2.87. The largest absolute Gasteiger partial charge is 0.494 e. The van der Waals surface area contributed by atoms with Crippen LogP contribution in [0.25, 0.3) is 11.4 Å². The van der Waals surface area contributed by atoms with Crippen LogP contribution in [0.1, 0.15) is 12.2 Å². The third-order valence-corrected chi connectivity index (χ3v) is 4.33. The van der Waals surface area contributed by atoms with Gasteiger partial charge in [0.2, 0.25) is 5.16 Å². The second kappa shape index (κ2) is 7.23. The Morgan fingerprint density at radius 2 is 2.04 bits per heavy atom. The maximum Gasteiger partial charge on any atom is 0.210 e. The van der Waals surface area contributed by atoms with Gasteiger partial charge in [0.25, 0.3) is 0 Å². The van der Waals surface area contributed by atoms with Crippen LogP contribution in [-0.2, 0) is 0 Å². The van der Waals surface area contributed by atoms with E-state index in [0.29, 0.717) is 17.6 Å². The highest BCUT2D eigenvalue weighted by molar-refractivity contribution is 7.99. The number of furan rings is 1. The predicted molar refractivity (Wildman–Crippen MR) is 89.9 cm³/mol. The molecule has 0 radical (unpaired) electrons. The Labute approximate surface area is 138 Å². The molecule has 0 bridgehead atoms. The summed E-state index contributed by atoms with van der Waals surface area (Å²) in [6.07, 6.45) is 2.51. The number of nitrogens with zero attached hydrogens (tertiary/aromatic N) is 3. The number of rotatable bonds is 7. The van der Waals surface area contributed by atoms with Crippen molar-refractivity contribution in [2.24, 2.45) is 0 Å². The molecule has 0 saturated heterocycles. The van der Waals surface area contributed by atoms with Crippen LogP contribution in [-0.4, -0.2) is 27.2 Å². The third kappa shape index (κ3) is 3.68. The van der Waals surface area contributed by atoms with E-state index in [9.17, 15) is 0 Å². The van der Waals surface area contributed by atoms with Crippen molar-refractivity contribution in [3.63, 3.8) is 0 Å². The summed E-state index contributed by atoms with van der Waals surface area (Å²) in [6.45, 7) is 2.53. The van der Waals surface area contributed by atoms with E-state index in [1.807, 2.05) is 43.3 Å². The molecule has 2 heterocycles. The quantitative estimate of drug-likeness (QED) is 0.407. The van der Waals surface area contributed by atoms with Crippen LogP contribution in [0.15, 0.2) is 52.2 Å². The Hall–Kier alpha value is -2.41. The number of nitrogens with two attached hydrogens (primary N) is 1. The molecule has 0 saturated carbocycles. The van der Waals surface area contributed by atoms with Crippen molar-refractivity contribution in [3.8, 4) is 17.1 Å². The maximum atomic E-state index is 6.07. The monoisotopic (exact) mass is 330 g/mol. The molecule has 0 amide bonds. The van der Waals surface area contributed by atoms with Gasteiger partial charge in [-0.2, -0.15) is 0 Å². The molecule has 0 spiro atoms. The van der Waals surface area contributed by atoms with E-state index < -0.39 is 0 Å². The van der Waals surface area contributed by atoms with Crippen LogP contribution in [0, 0.1) is 6.92 Å². The number of para-hydroxylation sites is 1. The molecule has 7 heteroatoms. The number of benzene rings is 1. The Bertz CT molecular complexity index is 755. The van der Waals surface area contributed by atoms with Gasteiger partial charge in [0, 0.05) is 5.75 Å². The molecule has 3 aromatic rings. The minimum absolute atomic E-state index is 0.610. The predicted octanol–water partition coefficient (Wildman–Crippen LogP) is 3.12. The van der Waals surface area contributed by atoms with Gasteiger partial charge in [-0.1, -0.05) is 30.0 Å². The second-order valence-electron chi connectivity index (χ2n) is 4.93. The fourth-order valence-electron chi connectivity index (χ4n) is 2.11. The summed E-state index contributed by atoms with van der Waals surface area (Å²) in [4.78, 5) is 0. The molecule has 0 atom stereocenters. The zero-order chi connectivity index (χ0) is 16.1. The van der Waals surface area contributed by atoms with Gasteiger partial charge in [-0.3, -0.25) is 0 Å². The van der Waals surface area contributed by atoms with E-state index >= 15 is 0 Å². The van der Waals surface area contributed by atoms with Crippen LogP contribution in [0.2, 0.25) is 0 Å². The third-order valence-electron chi connectivity index (χ3n) is 3.30. The average molecular weight is 330 g/mol. The second-order valence-corrected chi connectivity index (χ2v) is 5.99. The molecule has 120 valence electrons. The van der Waals surface area contributed by atoms with Crippen molar-refractivity contribution < 1.29 is 9.15 Å². The maximum absolute atomic E-state index is 6.07. The average Bonchev–Trinajstić information content (AvgIpc) is 3.14. The summed E-state index contributed by atoms with van der Waals surface area (Å²) in [5.74, 6) is 9.19. The van der Waals surface area contributed by atoms with E-state index in [-0.39, 0.29) is 0 Å². The summed E-state index contributed by atoms with van der Waals surface area (Å²) in [5.41, 5.74) is 0.860. The zero-order valence-electron chi connectivity index (χ0n) is 12.8. The SMILES string of the molecule is Cc1occc1-c1nnc(SCCCOc2ccccc2)n1N. The lowest BCUT2D eigenvalue weighted by Crippen LogP contribution is -2.12. The standard InChI is InChI=1S/C16H18N4O2S/c1-12-14(8-10-21-12)15-18-19-16(20(15)17)23-11-5-9-22-13-6-3-2-4-7-13/h2-4,6-8,10H,5,9,11,17H2,1H3. The highest BCUT2D eigenvalue weighted by atomic mass is 32.2. The van der Waals surface area contributed by atoms with Gasteiger partial charge < -0.3 is 15.0 Å². The van der Waals surface area contributed by atoms with Crippen LogP contribution < -0.4 is 10.6 Å². The molecular weight excluding hydrogens is 312 g/mol. The molecule has 6 nitrogen and oxygen atoms in total. The molecule has 3 rings (SSSR count). The first-order valence-electron chi connectivity index (χ1n) is 7.31. The minimum atomic E-state index is 0.610. The Morgan fingerprint density at radius 3 is 2.78 bits per heavy atom. The lowest BCUT2D eigenvalue weighted by molar-refractivity contribution is 0.318. The number of aromatic nitrogens is 3. The number of ether oxygens (including phenoxy) is 1. The topological polar surface area (TPSA) is 79.1 Å². The van der Waals surface area contributed by atoms with Crippen LogP contribution in [0.4, 0.5) is 0 Å². The fraction of sp³-hybridized carbons (Fsp3) is 0.250. The summed E-state index contributed by atoms with van der Waals surface area (Å²) < 4.78 is 12.4.